The van der Waals surface area contributed by atoms with Gasteiger partial charge >= 0.3 is 0 Å². The normalized spacial score (nSPS) is 21.9. The number of nitrogens with zero attached hydrogens (tertiary/aromatic N) is 1. The molecule has 0 spiro atoms. The van der Waals surface area contributed by atoms with E-state index in [1.165, 1.54) is 0 Å². The molecule has 4 heteroatoms. The molecule has 14 heavy (non-hydrogen) atoms. The Labute approximate surface area is 85.8 Å². The molecule has 4 nitrogen and oxygen atoms in total. The van der Waals surface area contributed by atoms with Crippen molar-refractivity contribution in [3.05, 3.63) is 0 Å². The summed E-state index contributed by atoms with van der Waals surface area (Å²) in [6.45, 7) is 4.10. The van der Waals surface area contributed by atoms with Crippen LogP contribution in [0, 0.1) is 5.41 Å². The second-order valence-electron chi connectivity index (χ2n) is 4.31. The van der Waals surface area contributed by atoms with E-state index in [4.69, 9.17) is 5.84 Å². The van der Waals surface area contributed by atoms with E-state index in [2.05, 4.69) is 24.3 Å². The number of piperidine rings is 1. The van der Waals surface area contributed by atoms with Gasteiger partial charge in [0.05, 0.1) is 5.41 Å². The molecule has 0 aliphatic carbocycles. The topological polar surface area (TPSA) is 58.4 Å². The largest absolute Gasteiger partial charge is 0.306 e. The number of likely N-dealkylation sites (tertiary alicyclic amines) is 1. The molecule has 1 aliphatic heterocycles. The Kier molecular flexibility index (Phi) is 3.89. The zero-order valence-corrected chi connectivity index (χ0v) is 9.18. The molecule has 0 saturated carbocycles. The zero-order chi connectivity index (χ0) is 10.6. The van der Waals surface area contributed by atoms with Crippen LogP contribution in [0.1, 0.15) is 32.6 Å². The van der Waals surface area contributed by atoms with Crippen molar-refractivity contribution < 1.29 is 4.79 Å². The summed E-state index contributed by atoms with van der Waals surface area (Å²) >= 11 is 0. The van der Waals surface area contributed by atoms with E-state index in [9.17, 15) is 4.79 Å². The fourth-order valence-corrected chi connectivity index (χ4v) is 2.27. The minimum Gasteiger partial charge on any atom is -0.306 e. The van der Waals surface area contributed by atoms with Crippen LogP contribution in [0.15, 0.2) is 0 Å². The molecule has 0 aromatic heterocycles. The Balaban J connectivity index is 2.67. The Morgan fingerprint density at radius 2 is 2.07 bits per heavy atom. The molecule has 0 unspecified atom stereocenters. The molecule has 1 rings (SSSR count). The molecule has 0 aromatic carbocycles. The lowest BCUT2D eigenvalue weighted by Gasteiger charge is -2.38. The second kappa shape index (κ2) is 4.75. The van der Waals surface area contributed by atoms with Crippen molar-refractivity contribution in [1.29, 1.82) is 0 Å². The first-order valence-corrected chi connectivity index (χ1v) is 5.34. The number of nitrogens with two attached hydrogens (primary N) is 1. The van der Waals surface area contributed by atoms with Gasteiger partial charge in [-0.05, 0) is 39.4 Å². The van der Waals surface area contributed by atoms with E-state index in [-0.39, 0.29) is 11.3 Å². The fraction of sp³-hybridized carbons (Fsp3) is 0.900. The van der Waals surface area contributed by atoms with E-state index in [0.29, 0.717) is 0 Å². The predicted octanol–water partition coefficient (Wildman–Crippen LogP) is 0.488. The van der Waals surface area contributed by atoms with Crippen molar-refractivity contribution in [1.82, 2.24) is 10.3 Å². The van der Waals surface area contributed by atoms with Crippen molar-refractivity contribution in [2.75, 3.05) is 20.1 Å². The van der Waals surface area contributed by atoms with Crippen molar-refractivity contribution in [3.63, 3.8) is 0 Å². The highest BCUT2D eigenvalue weighted by Gasteiger charge is 2.39. The number of carbonyl (C=O) groups is 1. The molecule has 0 radical (unpaired) electrons. The minimum atomic E-state index is -0.198. The number of nitrogens with one attached hydrogen (secondary N) is 1. The van der Waals surface area contributed by atoms with Gasteiger partial charge in [-0.1, -0.05) is 13.3 Å². The van der Waals surface area contributed by atoms with Gasteiger partial charge in [0, 0.05) is 0 Å². The lowest BCUT2D eigenvalue weighted by molar-refractivity contribution is -0.134. The van der Waals surface area contributed by atoms with Crippen LogP contribution in [-0.4, -0.2) is 30.9 Å². The van der Waals surface area contributed by atoms with E-state index in [1.807, 2.05) is 0 Å². The molecule has 1 saturated heterocycles. The number of hydrazine groups is 1. The molecule has 0 atom stereocenters. The van der Waals surface area contributed by atoms with Crippen molar-refractivity contribution >= 4 is 5.91 Å². The van der Waals surface area contributed by atoms with E-state index < -0.39 is 0 Å². The van der Waals surface area contributed by atoms with Gasteiger partial charge in [0.25, 0.3) is 0 Å². The molecule has 82 valence electrons. The number of hydrogen-bond donors (Lipinski definition) is 2. The smallest absolute Gasteiger partial charge is 0.240 e. The summed E-state index contributed by atoms with van der Waals surface area (Å²) in [6, 6.07) is 0. The van der Waals surface area contributed by atoms with Gasteiger partial charge in [0.1, 0.15) is 0 Å². The van der Waals surface area contributed by atoms with Gasteiger partial charge in [-0.2, -0.15) is 0 Å². The maximum Gasteiger partial charge on any atom is 0.240 e. The van der Waals surface area contributed by atoms with Crippen LogP contribution in [0.3, 0.4) is 0 Å². The van der Waals surface area contributed by atoms with Crippen LogP contribution in [-0.2, 0) is 4.79 Å². The predicted molar refractivity (Wildman–Crippen MR) is 56.4 cm³/mol. The molecule has 1 fully saturated rings. The van der Waals surface area contributed by atoms with Crippen LogP contribution in [0.4, 0.5) is 0 Å². The summed E-state index contributed by atoms with van der Waals surface area (Å²) < 4.78 is 0. The maximum absolute atomic E-state index is 11.7. The highest BCUT2D eigenvalue weighted by Crippen LogP contribution is 2.35. The first-order chi connectivity index (χ1) is 6.64. The first-order valence-electron chi connectivity index (χ1n) is 5.34. The summed E-state index contributed by atoms with van der Waals surface area (Å²) in [5, 5.41) is 0. The molecule has 1 aliphatic rings. The molecule has 0 aromatic rings. The average Bonchev–Trinajstić information content (AvgIpc) is 2.21. The van der Waals surface area contributed by atoms with Crippen molar-refractivity contribution in [3.8, 4) is 0 Å². The van der Waals surface area contributed by atoms with Crippen LogP contribution < -0.4 is 11.3 Å². The van der Waals surface area contributed by atoms with Crippen LogP contribution >= 0.6 is 0 Å². The molecule has 0 bridgehead atoms. The first kappa shape index (κ1) is 11.5. The highest BCUT2D eigenvalue weighted by molar-refractivity contribution is 5.82. The highest BCUT2D eigenvalue weighted by atomic mass is 16.2. The van der Waals surface area contributed by atoms with Gasteiger partial charge in [-0.25, -0.2) is 5.84 Å². The SMILES string of the molecule is CCCC1(C(=O)NN)CCN(C)CC1. The van der Waals surface area contributed by atoms with Crippen LogP contribution in [0.25, 0.3) is 0 Å². The third-order valence-corrected chi connectivity index (χ3v) is 3.29. The fourth-order valence-electron chi connectivity index (χ4n) is 2.27. The number of hydrogen-bond acceptors (Lipinski definition) is 3. The molecule has 1 amide bonds. The van der Waals surface area contributed by atoms with Gasteiger partial charge in [0.2, 0.25) is 5.91 Å². The van der Waals surface area contributed by atoms with Gasteiger partial charge in [-0.15, -0.1) is 0 Å². The van der Waals surface area contributed by atoms with Gasteiger partial charge in [-0.3, -0.25) is 10.2 Å². The van der Waals surface area contributed by atoms with Crippen LogP contribution in [0.5, 0.6) is 0 Å². The van der Waals surface area contributed by atoms with Crippen molar-refractivity contribution in [2.45, 2.75) is 32.6 Å². The molecule has 3 N–H and O–H groups in total. The summed E-state index contributed by atoms with van der Waals surface area (Å²) in [5.74, 6) is 5.26. The minimum absolute atomic E-state index is 0.0208. The quantitative estimate of drug-likeness (QED) is 0.395. The summed E-state index contributed by atoms with van der Waals surface area (Å²) in [5.41, 5.74) is 2.12. The Morgan fingerprint density at radius 1 is 1.50 bits per heavy atom. The number of carbonyl (C=O) groups excluding carboxylic acids is 1. The molecular weight excluding hydrogens is 178 g/mol. The summed E-state index contributed by atoms with van der Waals surface area (Å²) in [6.07, 6.45) is 3.85. The Hall–Kier alpha value is -0.610. The third-order valence-electron chi connectivity index (χ3n) is 3.29. The summed E-state index contributed by atoms with van der Waals surface area (Å²) in [4.78, 5) is 14.0. The lowest BCUT2D eigenvalue weighted by atomic mass is 9.74. The van der Waals surface area contributed by atoms with Gasteiger partial charge < -0.3 is 4.90 Å². The third kappa shape index (κ3) is 2.25. The molecule has 1 heterocycles. The van der Waals surface area contributed by atoms with E-state index in [0.717, 1.165) is 38.8 Å². The number of amides is 1. The average molecular weight is 199 g/mol. The second-order valence-corrected chi connectivity index (χ2v) is 4.31. The zero-order valence-electron chi connectivity index (χ0n) is 9.18. The van der Waals surface area contributed by atoms with Gasteiger partial charge in [0.15, 0.2) is 0 Å². The molecular formula is C10H21N3O. The summed E-state index contributed by atoms with van der Waals surface area (Å²) in [7, 11) is 2.09. The van der Waals surface area contributed by atoms with E-state index in [1.54, 1.807) is 0 Å². The van der Waals surface area contributed by atoms with Crippen LogP contribution in [0.2, 0.25) is 0 Å². The Bertz CT molecular complexity index is 198. The van der Waals surface area contributed by atoms with E-state index >= 15 is 0 Å². The standard InChI is InChI=1S/C10H21N3O/c1-3-4-10(9(14)12-11)5-7-13(2)8-6-10/h3-8,11H2,1-2H3,(H,12,14). The maximum atomic E-state index is 11.7. The number of rotatable bonds is 3. The van der Waals surface area contributed by atoms with Crippen molar-refractivity contribution in [2.24, 2.45) is 11.3 Å². The monoisotopic (exact) mass is 199 g/mol. The lowest BCUT2D eigenvalue weighted by Crippen LogP contribution is -2.49. The Morgan fingerprint density at radius 3 is 2.50 bits per heavy atom.